The molecule has 4 heteroatoms. The Balaban J connectivity index is 1.97. The monoisotopic (exact) mass is 269 g/mol. The van der Waals surface area contributed by atoms with E-state index >= 15 is 0 Å². The average Bonchev–Trinajstić information content (AvgIpc) is 2.47. The number of hydrogen-bond acceptors (Lipinski definition) is 4. The third kappa shape index (κ3) is 2.13. The smallest absolute Gasteiger partial charge is 0.170 e. The minimum Gasteiger partial charge on any atom is -0.497 e. The van der Waals surface area contributed by atoms with Crippen LogP contribution >= 0.6 is 0 Å². The van der Waals surface area contributed by atoms with Crippen LogP contribution in [0.15, 0.2) is 36.7 Å². The molecule has 0 fully saturated rings. The number of ketones is 1. The highest BCUT2D eigenvalue weighted by Gasteiger charge is 2.28. The largest absolute Gasteiger partial charge is 0.497 e. The molecule has 1 aromatic heterocycles. The molecule has 1 aromatic carbocycles. The molecule has 0 amide bonds. The molecule has 0 saturated heterocycles. The van der Waals surface area contributed by atoms with Crippen LogP contribution in [0, 0.1) is 6.92 Å². The lowest BCUT2D eigenvalue weighted by Crippen LogP contribution is -2.21. The van der Waals surface area contributed by atoms with Crippen LogP contribution in [0.5, 0.6) is 11.5 Å². The van der Waals surface area contributed by atoms with Crippen LogP contribution in [0.1, 0.15) is 34.0 Å². The van der Waals surface area contributed by atoms with Crippen molar-refractivity contribution in [3.05, 3.63) is 53.3 Å². The minimum atomic E-state index is -0.267. The number of carbonyl (C=O) groups excluding carboxylic acids is 1. The summed E-state index contributed by atoms with van der Waals surface area (Å²) in [5, 5.41) is 0. The van der Waals surface area contributed by atoms with Gasteiger partial charge in [0.15, 0.2) is 5.78 Å². The van der Waals surface area contributed by atoms with E-state index in [0.29, 0.717) is 23.5 Å². The summed E-state index contributed by atoms with van der Waals surface area (Å²) >= 11 is 0. The zero-order valence-corrected chi connectivity index (χ0v) is 11.4. The molecule has 102 valence electrons. The number of Topliss-reactive ketones (excluding diaryl/α,β-unsaturated/α-hetero) is 1. The van der Waals surface area contributed by atoms with Crippen LogP contribution in [0.3, 0.4) is 0 Å². The molecule has 0 spiro atoms. The minimum absolute atomic E-state index is 0.0680. The highest BCUT2D eigenvalue weighted by molar-refractivity contribution is 6.00. The quantitative estimate of drug-likeness (QED) is 0.840. The van der Waals surface area contributed by atoms with Crippen molar-refractivity contribution < 1.29 is 14.3 Å². The maximum absolute atomic E-state index is 12.3. The first-order chi connectivity index (χ1) is 9.69. The highest BCUT2D eigenvalue weighted by Crippen LogP contribution is 2.37. The third-order valence-corrected chi connectivity index (χ3v) is 3.55. The van der Waals surface area contributed by atoms with Gasteiger partial charge in [-0.2, -0.15) is 0 Å². The fraction of sp³-hybridized carbons (Fsp3) is 0.250. The van der Waals surface area contributed by atoms with Crippen LogP contribution in [0.4, 0.5) is 0 Å². The lowest BCUT2D eigenvalue weighted by Gasteiger charge is -2.26. The number of aryl methyl sites for hydroxylation is 1. The molecule has 1 atom stereocenters. The summed E-state index contributed by atoms with van der Waals surface area (Å²) in [4.78, 5) is 16.4. The fourth-order valence-electron chi connectivity index (χ4n) is 2.42. The first-order valence-electron chi connectivity index (χ1n) is 6.47. The number of methoxy groups -OCH3 is 1. The fourth-order valence-corrected chi connectivity index (χ4v) is 2.42. The molecule has 3 rings (SSSR count). The van der Waals surface area contributed by atoms with E-state index in [2.05, 4.69) is 4.98 Å². The standard InChI is InChI=1S/C16H15NO3/c1-10-5-6-17-9-13(10)16-8-14(18)12-7-11(19-2)3-4-15(12)20-16/h3-7,9,16H,8H2,1-2H3. The maximum atomic E-state index is 12.3. The third-order valence-electron chi connectivity index (χ3n) is 3.55. The van der Waals surface area contributed by atoms with E-state index < -0.39 is 0 Å². The predicted molar refractivity (Wildman–Crippen MR) is 74.3 cm³/mol. The Kier molecular flexibility index (Phi) is 3.14. The maximum Gasteiger partial charge on any atom is 0.170 e. The van der Waals surface area contributed by atoms with Gasteiger partial charge in [-0.3, -0.25) is 9.78 Å². The molecule has 0 saturated carbocycles. The predicted octanol–water partition coefficient (Wildman–Crippen LogP) is 3.11. The SMILES string of the molecule is COc1ccc2c(c1)C(=O)CC(c1cnccc1C)O2. The van der Waals surface area contributed by atoms with E-state index in [1.165, 1.54) is 0 Å². The van der Waals surface area contributed by atoms with Crippen molar-refractivity contribution in [2.45, 2.75) is 19.4 Å². The van der Waals surface area contributed by atoms with Crippen LogP contribution in [-0.4, -0.2) is 17.9 Å². The average molecular weight is 269 g/mol. The normalized spacial score (nSPS) is 17.3. The second-order valence-corrected chi connectivity index (χ2v) is 4.83. The van der Waals surface area contributed by atoms with Gasteiger partial charge in [0, 0.05) is 18.0 Å². The van der Waals surface area contributed by atoms with Crippen molar-refractivity contribution in [2.24, 2.45) is 0 Å². The number of hydrogen-bond donors (Lipinski definition) is 0. The number of aromatic nitrogens is 1. The number of carbonyl (C=O) groups is 1. The Morgan fingerprint density at radius 1 is 1.35 bits per heavy atom. The molecule has 0 bridgehead atoms. The molecular formula is C16H15NO3. The summed E-state index contributed by atoms with van der Waals surface area (Å²) in [6, 6.07) is 7.23. The van der Waals surface area contributed by atoms with Gasteiger partial charge in [0.1, 0.15) is 17.6 Å². The van der Waals surface area contributed by atoms with E-state index in [1.54, 1.807) is 37.7 Å². The molecule has 1 aliphatic rings. The van der Waals surface area contributed by atoms with Crippen molar-refractivity contribution in [2.75, 3.05) is 7.11 Å². The van der Waals surface area contributed by atoms with Gasteiger partial charge >= 0.3 is 0 Å². The zero-order valence-electron chi connectivity index (χ0n) is 11.4. The topological polar surface area (TPSA) is 48.4 Å². The summed E-state index contributed by atoms with van der Waals surface area (Å²) in [6.45, 7) is 1.99. The first kappa shape index (κ1) is 12.7. The molecule has 4 nitrogen and oxygen atoms in total. The summed E-state index contributed by atoms with van der Waals surface area (Å²) in [5.74, 6) is 1.34. The van der Waals surface area contributed by atoms with Crippen molar-refractivity contribution in [3.8, 4) is 11.5 Å². The van der Waals surface area contributed by atoms with E-state index in [1.807, 2.05) is 13.0 Å². The number of pyridine rings is 1. The molecule has 0 radical (unpaired) electrons. The number of rotatable bonds is 2. The lowest BCUT2D eigenvalue weighted by atomic mass is 9.95. The summed E-state index contributed by atoms with van der Waals surface area (Å²) in [7, 11) is 1.58. The molecular weight excluding hydrogens is 254 g/mol. The molecule has 2 heterocycles. The van der Waals surface area contributed by atoms with Crippen LogP contribution in [0.25, 0.3) is 0 Å². The Hall–Kier alpha value is -2.36. The second-order valence-electron chi connectivity index (χ2n) is 4.83. The van der Waals surface area contributed by atoms with Gasteiger partial charge in [-0.1, -0.05) is 0 Å². The number of fused-ring (bicyclic) bond motifs is 1. The van der Waals surface area contributed by atoms with Crippen molar-refractivity contribution >= 4 is 5.78 Å². The number of ether oxygens (including phenoxy) is 2. The number of nitrogens with zero attached hydrogens (tertiary/aromatic N) is 1. The van der Waals surface area contributed by atoms with Crippen LogP contribution in [-0.2, 0) is 0 Å². The van der Waals surface area contributed by atoms with Gasteiger partial charge < -0.3 is 9.47 Å². The lowest BCUT2D eigenvalue weighted by molar-refractivity contribution is 0.0848. The molecule has 0 N–H and O–H groups in total. The van der Waals surface area contributed by atoms with Crippen LogP contribution in [0.2, 0.25) is 0 Å². The zero-order chi connectivity index (χ0) is 14.1. The van der Waals surface area contributed by atoms with Crippen LogP contribution < -0.4 is 9.47 Å². The molecule has 1 unspecified atom stereocenters. The van der Waals surface area contributed by atoms with Gasteiger partial charge in [0.05, 0.1) is 19.1 Å². The molecule has 20 heavy (non-hydrogen) atoms. The van der Waals surface area contributed by atoms with E-state index in [-0.39, 0.29) is 11.9 Å². The van der Waals surface area contributed by atoms with Gasteiger partial charge in [-0.05, 0) is 36.8 Å². The second kappa shape index (κ2) is 4.96. The van der Waals surface area contributed by atoms with Gasteiger partial charge in [0.2, 0.25) is 0 Å². The van der Waals surface area contributed by atoms with E-state index in [9.17, 15) is 4.79 Å². The number of benzene rings is 1. The van der Waals surface area contributed by atoms with Crippen molar-refractivity contribution in [3.63, 3.8) is 0 Å². The Morgan fingerprint density at radius 3 is 2.95 bits per heavy atom. The van der Waals surface area contributed by atoms with Crippen molar-refractivity contribution in [1.29, 1.82) is 0 Å². The molecule has 2 aromatic rings. The highest BCUT2D eigenvalue weighted by atomic mass is 16.5. The van der Waals surface area contributed by atoms with Gasteiger partial charge in [-0.15, -0.1) is 0 Å². The summed E-state index contributed by atoms with van der Waals surface area (Å²) in [6.07, 6.45) is 3.56. The van der Waals surface area contributed by atoms with E-state index in [0.717, 1.165) is 11.1 Å². The van der Waals surface area contributed by atoms with Gasteiger partial charge in [0.25, 0.3) is 0 Å². The molecule has 0 aliphatic carbocycles. The molecule has 1 aliphatic heterocycles. The van der Waals surface area contributed by atoms with Crippen molar-refractivity contribution in [1.82, 2.24) is 4.98 Å². The Bertz CT molecular complexity index is 667. The first-order valence-corrected chi connectivity index (χ1v) is 6.47. The Labute approximate surface area is 117 Å². The van der Waals surface area contributed by atoms with E-state index in [4.69, 9.17) is 9.47 Å². The Morgan fingerprint density at radius 2 is 2.20 bits per heavy atom. The summed E-state index contributed by atoms with van der Waals surface area (Å²) < 4.78 is 11.1. The summed E-state index contributed by atoms with van der Waals surface area (Å²) in [5.41, 5.74) is 2.62. The van der Waals surface area contributed by atoms with Gasteiger partial charge in [-0.25, -0.2) is 0 Å².